The molecule has 1 aliphatic heterocycles. The van der Waals surface area contributed by atoms with Gasteiger partial charge in [0.15, 0.2) is 0 Å². The van der Waals surface area contributed by atoms with Gasteiger partial charge < -0.3 is 34.5 Å². The van der Waals surface area contributed by atoms with Crippen LogP contribution in [0, 0.1) is 0 Å². The van der Waals surface area contributed by atoms with Gasteiger partial charge in [0.1, 0.15) is 29.8 Å². The fourth-order valence-corrected chi connectivity index (χ4v) is 4.18. The van der Waals surface area contributed by atoms with Crippen LogP contribution in [0.25, 0.3) is 11.1 Å². The Hall–Kier alpha value is -2.65. The van der Waals surface area contributed by atoms with Gasteiger partial charge in [-0.2, -0.15) is 0 Å². The number of hydrogen-bond donors (Lipinski definition) is 3. The van der Waals surface area contributed by atoms with Crippen LogP contribution in [0.5, 0.6) is 11.5 Å². The molecule has 0 saturated carbocycles. The summed E-state index contributed by atoms with van der Waals surface area (Å²) in [7, 11) is 3.07. The molecular weight excluding hydrogens is 426 g/mol. The van der Waals surface area contributed by atoms with E-state index in [1.807, 2.05) is 36.4 Å². The number of nitrogens with one attached hydrogen (secondary N) is 1. The zero-order valence-corrected chi connectivity index (χ0v) is 19.7. The van der Waals surface area contributed by atoms with Crippen LogP contribution >= 0.6 is 0 Å². The van der Waals surface area contributed by atoms with E-state index in [4.69, 9.17) is 18.9 Å². The monoisotopic (exact) mass is 459 g/mol. The van der Waals surface area contributed by atoms with Crippen LogP contribution in [0.1, 0.15) is 26.3 Å². The Labute approximate surface area is 194 Å². The largest absolute Gasteiger partial charge is 0.496 e. The number of benzene rings is 2. The van der Waals surface area contributed by atoms with E-state index in [0.717, 1.165) is 16.7 Å². The maximum absolute atomic E-state index is 11.3. The van der Waals surface area contributed by atoms with Crippen LogP contribution < -0.4 is 14.8 Å². The number of hydrogen-bond acceptors (Lipinski definition) is 7. The Morgan fingerprint density at radius 2 is 1.82 bits per heavy atom. The first-order valence-electron chi connectivity index (χ1n) is 10.9. The third kappa shape index (κ3) is 5.65. The van der Waals surface area contributed by atoms with Crippen molar-refractivity contribution in [1.82, 2.24) is 5.32 Å². The molecule has 1 amide bonds. The van der Waals surface area contributed by atoms with Crippen LogP contribution in [0.3, 0.4) is 0 Å². The van der Waals surface area contributed by atoms with Gasteiger partial charge in [0.25, 0.3) is 0 Å². The van der Waals surface area contributed by atoms with E-state index >= 15 is 0 Å². The van der Waals surface area contributed by atoms with Gasteiger partial charge in [-0.1, -0.05) is 24.3 Å². The highest BCUT2D eigenvalue weighted by atomic mass is 16.7. The molecule has 8 heteroatoms. The molecule has 0 aliphatic carbocycles. The number of ether oxygens (including phenoxy) is 4. The third-order valence-electron chi connectivity index (χ3n) is 5.80. The molecule has 2 aromatic carbocycles. The number of aliphatic hydroxyl groups excluding tert-OH is 2. The van der Waals surface area contributed by atoms with Crippen LogP contribution in [0.4, 0.5) is 0 Å². The predicted octanol–water partition coefficient (Wildman–Crippen LogP) is 2.29. The van der Waals surface area contributed by atoms with Crippen molar-refractivity contribution in [2.45, 2.75) is 57.4 Å². The zero-order valence-electron chi connectivity index (χ0n) is 19.7. The number of aliphatic hydroxyl groups is 2. The third-order valence-corrected chi connectivity index (χ3v) is 5.80. The molecule has 2 aromatic rings. The molecular formula is C25H33NO7. The number of carbonyl (C=O) groups is 1. The Morgan fingerprint density at radius 1 is 1.09 bits per heavy atom. The molecule has 3 rings (SSSR count). The van der Waals surface area contributed by atoms with Gasteiger partial charge in [-0.25, -0.2) is 0 Å². The van der Waals surface area contributed by atoms with Gasteiger partial charge >= 0.3 is 0 Å². The molecule has 3 N–H and O–H groups in total. The standard InChI is InChI=1S/C25H33NO7/c1-15(27)26-13-12-16-10-11-17(14-19(16)18-8-6-7-9-20(18)30-4)32-24-22(29)21(28)23(31-5)25(2,3)33-24/h6-11,14,21-24,28-29H,12-13H2,1-5H3,(H,26,27)/t21-,22-,23+,24?/m0/s1. The van der Waals surface area contributed by atoms with Crippen molar-refractivity contribution in [3.05, 3.63) is 48.0 Å². The van der Waals surface area contributed by atoms with Gasteiger partial charge in [-0.15, -0.1) is 0 Å². The molecule has 33 heavy (non-hydrogen) atoms. The summed E-state index contributed by atoms with van der Waals surface area (Å²) in [5, 5.41) is 23.9. The van der Waals surface area contributed by atoms with E-state index in [-0.39, 0.29) is 5.91 Å². The molecule has 4 atom stereocenters. The minimum atomic E-state index is -1.29. The van der Waals surface area contributed by atoms with Gasteiger partial charge in [-0.05, 0) is 49.6 Å². The Morgan fingerprint density at radius 3 is 2.48 bits per heavy atom. The lowest BCUT2D eigenvalue weighted by Crippen LogP contribution is -2.63. The van der Waals surface area contributed by atoms with Crippen molar-refractivity contribution < 1.29 is 34.0 Å². The number of rotatable bonds is 8. The minimum absolute atomic E-state index is 0.0900. The highest BCUT2D eigenvalue weighted by Gasteiger charge is 2.50. The summed E-state index contributed by atoms with van der Waals surface area (Å²) < 4.78 is 22.8. The molecule has 1 fully saturated rings. The molecule has 1 heterocycles. The van der Waals surface area contributed by atoms with Crippen molar-refractivity contribution in [3.8, 4) is 22.6 Å². The first-order valence-corrected chi connectivity index (χ1v) is 10.9. The van der Waals surface area contributed by atoms with Gasteiger partial charge in [0, 0.05) is 26.1 Å². The Bertz CT molecular complexity index is 962. The van der Waals surface area contributed by atoms with Crippen molar-refractivity contribution in [3.63, 3.8) is 0 Å². The first kappa shape index (κ1) is 25.0. The summed E-state index contributed by atoms with van der Waals surface area (Å²) in [6.07, 6.45) is -3.65. The maximum Gasteiger partial charge on any atom is 0.229 e. The zero-order chi connectivity index (χ0) is 24.2. The second-order valence-corrected chi connectivity index (χ2v) is 8.60. The highest BCUT2D eigenvalue weighted by Crippen LogP contribution is 2.37. The second kappa shape index (κ2) is 10.5. The van der Waals surface area contributed by atoms with Crippen LogP contribution in [0.15, 0.2) is 42.5 Å². The first-order chi connectivity index (χ1) is 15.7. The average molecular weight is 460 g/mol. The summed E-state index contributed by atoms with van der Waals surface area (Å²) in [5.74, 6) is 1.07. The molecule has 1 unspecified atom stereocenters. The summed E-state index contributed by atoms with van der Waals surface area (Å²) in [6.45, 7) is 5.52. The highest BCUT2D eigenvalue weighted by molar-refractivity contribution is 5.75. The summed E-state index contributed by atoms with van der Waals surface area (Å²) in [5.41, 5.74) is 1.86. The predicted molar refractivity (Wildman–Crippen MR) is 123 cm³/mol. The lowest BCUT2D eigenvalue weighted by molar-refractivity contribution is -0.305. The fraction of sp³-hybridized carbons (Fsp3) is 0.480. The van der Waals surface area contributed by atoms with E-state index < -0.39 is 30.2 Å². The Balaban J connectivity index is 1.93. The van der Waals surface area contributed by atoms with Gasteiger partial charge in [-0.3, -0.25) is 4.79 Å². The van der Waals surface area contributed by atoms with Crippen molar-refractivity contribution in [2.24, 2.45) is 0 Å². The molecule has 0 spiro atoms. The number of methoxy groups -OCH3 is 2. The van der Waals surface area contributed by atoms with Crippen LogP contribution in [-0.4, -0.2) is 67.1 Å². The quantitative estimate of drug-likeness (QED) is 0.556. The van der Waals surface area contributed by atoms with Crippen LogP contribution in [0.2, 0.25) is 0 Å². The number of para-hydroxylation sites is 1. The maximum atomic E-state index is 11.3. The fourth-order valence-electron chi connectivity index (χ4n) is 4.18. The smallest absolute Gasteiger partial charge is 0.229 e. The minimum Gasteiger partial charge on any atom is -0.496 e. The molecule has 0 bridgehead atoms. The van der Waals surface area contributed by atoms with E-state index in [1.54, 1.807) is 27.0 Å². The molecule has 8 nitrogen and oxygen atoms in total. The molecule has 180 valence electrons. The number of carbonyl (C=O) groups excluding carboxylic acids is 1. The normalized spacial score (nSPS) is 24.2. The van der Waals surface area contributed by atoms with Crippen molar-refractivity contribution in [2.75, 3.05) is 20.8 Å². The molecule has 1 aliphatic rings. The lowest BCUT2D eigenvalue weighted by atomic mass is 9.89. The number of amides is 1. The summed E-state index contributed by atoms with van der Waals surface area (Å²) in [6, 6.07) is 13.2. The van der Waals surface area contributed by atoms with Crippen molar-refractivity contribution in [1.29, 1.82) is 0 Å². The second-order valence-electron chi connectivity index (χ2n) is 8.60. The van der Waals surface area contributed by atoms with Gasteiger partial charge in [0.2, 0.25) is 12.2 Å². The van der Waals surface area contributed by atoms with E-state index in [2.05, 4.69) is 5.32 Å². The topological polar surface area (TPSA) is 106 Å². The molecule has 1 saturated heterocycles. The van der Waals surface area contributed by atoms with E-state index in [0.29, 0.717) is 24.5 Å². The summed E-state index contributed by atoms with van der Waals surface area (Å²) in [4.78, 5) is 11.3. The lowest BCUT2D eigenvalue weighted by Gasteiger charge is -2.46. The van der Waals surface area contributed by atoms with Crippen LogP contribution in [-0.2, 0) is 20.7 Å². The Kier molecular flexibility index (Phi) is 7.97. The van der Waals surface area contributed by atoms with E-state index in [1.165, 1.54) is 14.0 Å². The van der Waals surface area contributed by atoms with Crippen molar-refractivity contribution >= 4 is 5.91 Å². The average Bonchev–Trinajstić information content (AvgIpc) is 2.78. The molecule has 0 aromatic heterocycles. The van der Waals surface area contributed by atoms with Gasteiger partial charge in [0.05, 0.1) is 12.7 Å². The van der Waals surface area contributed by atoms with E-state index in [9.17, 15) is 15.0 Å². The SMILES string of the molecule is COc1ccccc1-c1cc(OC2OC(C)(C)[C@H](OC)[C@@H](O)[C@@H]2O)ccc1CCNC(C)=O. The summed E-state index contributed by atoms with van der Waals surface area (Å²) >= 11 is 0. The molecule has 0 radical (unpaired) electrons.